The molecule has 0 aromatic heterocycles. The minimum atomic E-state index is -1.58. The number of β-lactam (4-membered cyclic amide) rings is 1. The molecular weight excluding hydrogens is 230 g/mol. The molecule has 1 aliphatic rings. The number of aliphatic hydroxyl groups excluding tert-OH is 1. The van der Waals surface area contributed by atoms with Gasteiger partial charge in [0.05, 0.1) is 28.9 Å². The Kier molecular flexibility index (Phi) is 3.72. The van der Waals surface area contributed by atoms with Gasteiger partial charge in [0, 0.05) is 5.92 Å². The zero-order chi connectivity index (χ0) is 13.2. The van der Waals surface area contributed by atoms with Crippen LogP contribution in [0.25, 0.3) is 0 Å². The van der Waals surface area contributed by atoms with Crippen LogP contribution in [0.4, 0.5) is 0 Å². The number of carboxylic acid groups (broad SMARTS) is 1. The smallest absolute Gasteiger partial charge is 0.472 e. The number of Topliss-reactive ketones (excluding diaryl/α,β-unsaturated/α-hetero) is 1. The van der Waals surface area contributed by atoms with Crippen molar-refractivity contribution < 1.29 is 29.4 Å². The molecule has 0 aromatic rings. The lowest BCUT2D eigenvalue weighted by Gasteiger charge is -2.38. The molecule has 0 aliphatic carbocycles. The summed E-state index contributed by atoms with van der Waals surface area (Å²) in [6, 6.07) is -0.615. The van der Waals surface area contributed by atoms with Crippen LogP contribution in [0.3, 0.4) is 0 Å². The Morgan fingerprint density at radius 3 is 2.53 bits per heavy atom. The monoisotopic (exact) mass is 242 g/mol. The van der Waals surface area contributed by atoms with Gasteiger partial charge in [0.15, 0.2) is 0 Å². The number of aliphatic carboxylic acids is 1. The molecule has 8 heteroatoms. The predicted molar refractivity (Wildman–Crippen MR) is 52.3 cm³/mol. The van der Waals surface area contributed by atoms with Crippen LogP contribution in [0.1, 0.15) is 6.92 Å². The van der Waals surface area contributed by atoms with Crippen LogP contribution < -0.4 is 5.32 Å². The molecule has 1 heterocycles. The summed E-state index contributed by atoms with van der Waals surface area (Å²) in [4.78, 5) is 35.9. The summed E-state index contributed by atoms with van der Waals surface area (Å²) < 4.78 is 0. The highest BCUT2D eigenvalue weighted by Crippen LogP contribution is 2.22. The van der Waals surface area contributed by atoms with Crippen molar-refractivity contribution in [3.05, 3.63) is 0 Å². The molecule has 0 aromatic carbocycles. The maximum atomic E-state index is 11.7. The molecule has 0 bridgehead atoms. The fourth-order valence-electron chi connectivity index (χ4n) is 1.70. The van der Waals surface area contributed by atoms with Crippen LogP contribution in [0, 0.1) is 17.4 Å². The van der Waals surface area contributed by atoms with Gasteiger partial charge in [-0.2, -0.15) is 0 Å². The van der Waals surface area contributed by atoms with E-state index in [-0.39, 0.29) is 5.91 Å². The van der Waals surface area contributed by atoms with Crippen molar-refractivity contribution >= 4 is 23.4 Å². The van der Waals surface area contributed by atoms with Gasteiger partial charge in [-0.05, 0) is 0 Å². The fraction of sp³-hybridized carbons (Fsp3) is 0.556. The van der Waals surface area contributed by atoms with Crippen molar-refractivity contribution in [2.75, 3.05) is 6.61 Å². The fourth-order valence-corrected chi connectivity index (χ4v) is 1.70. The molecular formula is C9H12N3O5+. The van der Waals surface area contributed by atoms with Gasteiger partial charge in [-0.25, -0.2) is 4.79 Å². The molecule has 8 nitrogen and oxygen atoms in total. The van der Waals surface area contributed by atoms with Gasteiger partial charge in [-0.15, -0.1) is 0 Å². The van der Waals surface area contributed by atoms with Gasteiger partial charge in [0.25, 0.3) is 5.78 Å². The summed E-state index contributed by atoms with van der Waals surface area (Å²) >= 11 is 0. The SMILES string of the molecule is C[C@@H](C(=O)C(=[N+]=N)C(=O)O)[C@H]1NC(=O)[C@@H]1CO. The maximum absolute atomic E-state index is 11.7. The Bertz CT molecular complexity index is 426. The van der Waals surface area contributed by atoms with Gasteiger partial charge < -0.3 is 15.5 Å². The van der Waals surface area contributed by atoms with E-state index < -0.39 is 41.9 Å². The Balaban J connectivity index is 2.81. The number of hydrogen-bond donors (Lipinski definition) is 4. The van der Waals surface area contributed by atoms with Crippen LogP contribution in [0.15, 0.2) is 0 Å². The van der Waals surface area contributed by atoms with Gasteiger partial charge in [0.2, 0.25) is 5.91 Å². The molecule has 1 aliphatic heterocycles. The zero-order valence-electron chi connectivity index (χ0n) is 9.01. The van der Waals surface area contributed by atoms with Crippen molar-refractivity contribution in [3.8, 4) is 0 Å². The maximum Gasteiger partial charge on any atom is 0.490 e. The molecule has 0 saturated carbocycles. The quantitative estimate of drug-likeness (QED) is 0.146. The molecule has 0 radical (unpaired) electrons. The number of carbonyl (C=O) groups is 3. The Morgan fingerprint density at radius 2 is 2.18 bits per heavy atom. The summed E-state index contributed by atoms with van der Waals surface area (Å²) in [5, 5.41) is 20.0. The van der Waals surface area contributed by atoms with Gasteiger partial charge in [0.1, 0.15) is 0 Å². The van der Waals surface area contributed by atoms with Crippen molar-refractivity contribution in [2.45, 2.75) is 13.0 Å². The van der Waals surface area contributed by atoms with Crippen molar-refractivity contribution in [2.24, 2.45) is 11.8 Å². The van der Waals surface area contributed by atoms with E-state index in [1.807, 2.05) is 0 Å². The third-order valence-electron chi connectivity index (χ3n) is 2.78. The minimum absolute atomic E-state index is 0.378. The summed E-state index contributed by atoms with van der Waals surface area (Å²) in [5.74, 6) is -4.35. The van der Waals surface area contributed by atoms with Gasteiger partial charge in [-0.3, -0.25) is 9.59 Å². The molecule has 4 N–H and O–H groups in total. The van der Waals surface area contributed by atoms with Crippen LogP contribution in [-0.2, 0) is 14.4 Å². The minimum Gasteiger partial charge on any atom is -0.472 e. The number of ketones is 1. The lowest BCUT2D eigenvalue weighted by atomic mass is 9.79. The van der Waals surface area contributed by atoms with Crippen molar-refractivity contribution in [1.82, 2.24) is 5.32 Å². The van der Waals surface area contributed by atoms with E-state index >= 15 is 0 Å². The zero-order valence-corrected chi connectivity index (χ0v) is 9.01. The first-order valence-corrected chi connectivity index (χ1v) is 4.87. The summed E-state index contributed by atoms with van der Waals surface area (Å²) in [6.45, 7) is 1.01. The number of carboxylic acids is 1. The normalized spacial score (nSPS) is 24.0. The average molecular weight is 242 g/mol. The second-order valence-electron chi connectivity index (χ2n) is 3.74. The first kappa shape index (κ1) is 13.0. The van der Waals surface area contributed by atoms with Crippen molar-refractivity contribution in [1.29, 1.82) is 5.53 Å². The standard InChI is InChI=1S/C9H11N3O5/c1-3(5-4(2-13)8(15)11-5)7(14)6(12-10)9(16)17/h3-5,10,13H,2H2,1H3,(H-,11,15,16,17)/p+1/t3-,4-,5-/m1/s1. The van der Waals surface area contributed by atoms with E-state index in [0.717, 1.165) is 0 Å². The number of aliphatic hydroxyl groups is 1. The van der Waals surface area contributed by atoms with E-state index in [9.17, 15) is 14.4 Å². The topological polar surface area (TPSA) is 142 Å². The second-order valence-corrected chi connectivity index (χ2v) is 3.74. The third kappa shape index (κ3) is 2.22. The van der Waals surface area contributed by atoms with Gasteiger partial charge >= 0.3 is 11.7 Å². The number of hydrogen-bond acceptors (Lipinski definition) is 5. The summed E-state index contributed by atoms with van der Waals surface area (Å²) in [5.41, 5.74) is 5.74. The summed E-state index contributed by atoms with van der Waals surface area (Å²) in [6.07, 6.45) is 0. The largest absolute Gasteiger partial charge is 0.490 e. The second kappa shape index (κ2) is 4.86. The predicted octanol–water partition coefficient (Wildman–Crippen LogP) is -1.94. The Hall–Kier alpha value is -2.05. The molecule has 0 unspecified atom stereocenters. The average Bonchev–Trinajstić information content (AvgIpc) is 2.25. The highest BCUT2D eigenvalue weighted by Gasteiger charge is 2.48. The number of amides is 1. The van der Waals surface area contributed by atoms with E-state index in [2.05, 4.69) is 10.1 Å². The van der Waals surface area contributed by atoms with Crippen molar-refractivity contribution in [3.63, 3.8) is 0 Å². The Morgan fingerprint density at radius 1 is 1.59 bits per heavy atom. The number of rotatable bonds is 5. The molecule has 1 amide bonds. The van der Waals surface area contributed by atoms with Crippen LogP contribution in [0.2, 0.25) is 0 Å². The molecule has 92 valence electrons. The molecule has 1 saturated heterocycles. The molecule has 0 spiro atoms. The lowest BCUT2D eigenvalue weighted by Crippen LogP contribution is -2.64. The number of nitrogens with zero attached hydrogens (tertiary/aromatic N) is 1. The Labute approximate surface area is 95.9 Å². The molecule has 17 heavy (non-hydrogen) atoms. The highest BCUT2D eigenvalue weighted by molar-refractivity contribution is 6.62. The van der Waals surface area contributed by atoms with Gasteiger partial charge in [-0.1, -0.05) is 6.92 Å². The molecule has 1 fully saturated rings. The highest BCUT2D eigenvalue weighted by atomic mass is 16.4. The van der Waals surface area contributed by atoms with E-state index in [0.29, 0.717) is 0 Å². The lowest BCUT2D eigenvalue weighted by molar-refractivity contribution is -0.155. The number of nitrogens with one attached hydrogen (secondary N) is 2. The van der Waals surface area contributed by atoms with E-state index in [1.54, 1.807) is 0 Å². The van der Waals surface area contributed by atoms with E-state index in [1.165, 1.54) is 6.92 Å². The first-order chi connectivity index (χ1) is 7.93. The number of carbonyl (C=O) groups excluding carboxylic acids is 2. The van der Waals surface area contributed by atoms with Crippen LogP contribution in [-0.4, -0.2) is 51.0 Å². The first-order valence-electron chi connectivity index (χ1n) is 4.87. The summed E-state index contributed by atoms with van der Waals surface area (Å²) in [7, 11) is 0. The third-order valence-corrected chi connectivity index (χ3v) is 2.78. The molecule has 3 atom stereocenters. The van der Waals surface area contributed by atoms with Crippen LogP contribution in [0.5, 0.6) is 0 Å². The molecule has 1 rings (SSSR count). The van der Waals surface area contributed by atoms with E-state index in [4.69, 9.17) is 15.7 Å². The van der Waals surface area contributed by atoms with Crippen LogP contribution >= 0.6 is 0 Å².